The Bertz CT molecular complexity index is 756. The van der Waals surface area contributed by atoms with Crippen LogP contribution in [0.25, 0.3) is 0 Å². The standard InChI is InChI=1S/C15H17N5O5/c1-25-14(23)12-9-20(19-18-12)7-6-16-15(24)17-8-10-2-4-11(5-3-10)13(21)22/h2-5,9H,6-8H2,1H3,(H,21,22)(H2,16,17,24). The number of rotatable bonds is 7. The Hall–Kier alpha value is -3.43. The molecule has 0 radical (unpaired) electrons. The van der Waals surface area contributed by atoms with Crippen LogP contribution in [-0.2, 0) is 17.8 Å². The van der Waals surface area contributed by atoms with Crippen molar-refractivity contribution in [3.05, 3.63) is 47.3 Å². The summed E-state index contributed by atoms with van der Waals surface area (Å²) in [6, 6.07) is 5.83. The van der Waals surface area contributed by atoms with Gasteiger partial charge in [0.25, 0.3) is 0 Å². The van der Waals surface area contributed by atoms with Crippen molar-refractivity contribution in [2.45, 2.75) is 13.1 Å². The summed E-state index contributed by atoms with van der Waals surface area (Å²) in [5.74, 6) is -1.58. The van der Waals surface area contributed by atoms with Crippen LogP contribution in [-0.4, -0.2) is 51.7 Å². The summed E-state index contributed by atoms with van der Waals surface area (Å²) in [4.78, 5) is 33.7. The van der Waals surface area contributed by atoms with E-state index in [0.29, 0.717) is 6.54 Å². The van der Waals surface area contributed by atoms with Crippen molar-refractivity contribution < 1.29 is 24.2 Å². The minimum atomic E-state index is -0.999. The van der Waals surface area contributed by atoms with Gasteiger partial charge in [0.1, 0.15) is 0 Å². The molecule has 2 aromatic rings. The van der Waals surface area contributed by atoms with Crippen LogP contribution in [0.15, 0.2) is 30.5 Å². The van der Waals surface area contributed by atoms with E-state index in [1.807, 2.05) is 0 Å². The summed E-state index contributed by atoms with van der Waals surface area (Å²) in [6.07, 6.45) is 1.43. The van der Waals surface area contributed by atoms with Crippen LogP contribution in [0, 0.1) is 0 Å². The van der Waals surface area contributed by atoms with Crippen molar-refractivity contribution in [1.29, 1.82) is 0 Å². The lowest BCUT2D eigenvalue weighted by atomic mass is 10.1. The van der Waals surface area contributed by atoms with Gasteiger partial charge in [-0.25, -0.2) is 19.1 Å². The van der Waals surface area contributed by atoms with Gasteiger partial charge in [0, 0.05) is 13.1 Å². The van der Waals surface area contributed by atoms with E-state index in [9.17, 15) is 14.4 Å². The Kier molecular flexibility index (Phi) is 6.04. The van der Waals surface area contributed by atoms with Gasteiger partial charge in [0.2, 0.25) is 0 Å². The van der Waals surface area contributed by atoms with Crippen LogP contribution in [0.5, 0.6) is 0 Å². The summed E-state index contributed by atoms with van der Waals surface area (Å²) < 4.78 is 5.93. The molecule has 1 aromatic heterocycles. The Morgan fingerprint density at radius 1 is 1.20 bits per heavy atom. The minimum absolute atomic E-state index is 0.0942. The monoisotopic (exact) mass is 347 g/mol. The van der Waals surface area contributed by atoms with Gasteiger partial charge in [-0.2, -0.15) is 0 Å². The van der Waals surface area contributed by atoms with E-state index in [1.54, 1.807) is 12.1 Å². The fraction of sp³-hybridized carbons (Fsp3) is 0.267. The number of amides is 2. The molecule has 0 aliphatic heterocycles. The summed E-state index contributed by atoms with van der Waals surface area (Å²) in [5.41, 5.74) is 1.06. The summed E-state index contributed by atoms with van der Waals surface area (Å²) >= 11 is 0. The highest BCUT2D eigenvalue weighted by atomic mass is 16.5. The average Bonchev–Trinajstić information content (AvgIpc) is 3.08. The number of carboxylic acids is 1. The van der Waals surface area contributed by atoms with Crippen molar-refractivity contribution >= 4 is 18.0 Å². The number of aromatic carboxylic acids is 1. The molecule has 0 saturated carbocycles. The maximum absolute atomic E-state index is 11.7. The number of aromatic nitrogens is 3. The molecule has 2 amide bonds. The average molecular weight is 347 g/mol. The number of carboxylic acid groups (broad SMARTS) is 1. The molecule has 132 valence electrons. The number of carbonyl (C=O) groups excluding carboxylic acids is 2. The zero-order valence-electron chi connectivity index (χ0n) is 13.4. The molecule has 25 heavy (non-hydrogen) atoms. The molecule has 0 spiro atoms. The molecule has 0 aliphatic carbocycles. The summed E-state index contributed by atoms with van der Waals surface area (Å²) in [7, 11) is 1.25. The zero-order chi connectivity index (χ0) is 18.2. The van der Waals surface area contributed by atoms with Crippen molar-refractivity contribution in [3.8, 4) is 0 Å². The molecular formula is C15H17N5O5. The maximum atomic E-state index is 11.7. The molecule has 10 heteroatoms. The van der Waals surface area contributed by atoms with Crippen LogP contribution in [0.3, 0.4) is 0 Å². The first-order valence-corrected chi connectivity index (χ1v) is 7.32. The van der Waals surface area contributed by atoms with E-state index in [0.717, 1.165) is 5.56 Å². The zero-order valence-corrected chi connectivity index (χ0v) is 13.4. The summed E-state index contributed by atoms with van der Waals surface area (Å²) in [6.45, 7) is 0.889. The number of hydrogen-bond donors (Lipinski definition) is 3. The third kappa shape index (κ3) is 5.30. The molecule has 0 fully saturated rings. The van der Waals surface area contributed by atoms with Gasteiger partial charge in [-0.3, -0.25) is 0 Å². The molecule has 1 aromatic carbocycles. The number of carbonyl (C=O) groups is 3. The number of esters is 1. The smallest absolute Gasteiger partial charge is 0.360 e. The van der Waals surface area contributed by atoms with Crippen molar-refractivity contribution in [2.24, 2.45) is 0 Å². The fourth-order valence-electron chi connectivity index (χ4n) is 1.90. The number of methoxy groups -OCH3 is 1. The molecule has 0 saturated heterocycles. The molecule has 3 N–H and O–H groups in total. The third-order valence-corrected chi connectivity index (χ3v) is 3.21. The highest BCUT2D eigenvalue weighted by Crippen LogP contribution is 2.04. The van der Waals surface area contributed by atoms with E-state index < -0.39 is 11.9 Å². The van der Waals surface area contributed by atoms with Crippen LogP contribution >= 0.6 is 0 Å². The van der Waals surface area contributed by atoms with Gasteiger partial charge >= 0.3 is 18.0 Å². The lowest BCUT2D eigenvalue weighted by Crippen LogP contribution is -2.36. The minimum Gasteiger partial charge on any atom is -0.478 e. The number of nitrogens with zero attached hydrogens (tertiary/aromatic N) is 3. The van der Waals surface area contributed by atoms with Gasteiger partial charge in [-0.1, -0.05) is 17.3 Å². The number of nitrogens with one attached hydrogen (secondary N) is 2. The lowest BCUT2D eigenvalue weighted by molar-refractivity contribution is 0.0593. The van der Waals surface area contributed by atoms with E-state index in [2.05, 4.69) is 25.7 Å². The normalized spacial score (nSPS) is 10.1. The van der Waals surface area contributed by atoms with Gasteiger partial charge in [-0.05, 0) is 17.7 Å². The molecule has 1 heterocycles. The van der Waals surface area contributed by atoms with Crippen LogP contribution in [0.1, 0.15) is 26.4 Å². The Balaban J connectivity index is 1.71. The second kappa shape index (κ2) is 8.43. The van der Waals surface area contributed by atoms with Gasteiger partial charge in [-0.15, -0.1) is 5.10 Å². The molecule has 10 nitrogen and oxygen atoms in total. The number of benzene rings is 1. The quantitative estimate of drug-likeness (QED) is 0.611. The van der Waals surface area contributed by atoms with E-state index in [-0.39, 0.29) is 30.4 Å². The summed E-state index contributed by atoms with van der Waals surface area (Å²) in [5, 5.41) is 21.5. The molecule has 2 rings (SSSR count). The van der Waals surface area contributed by atoms with E-state index >= 15 is 0 Å². The first-order chi connectivity index (χ1) is 12.0. The Labute approximate surface area is 142 Å². The van der Waals surface area contributed by atoms with Gasteiger partial charge in [0.15, 0.2) is 5.69 Å². The lowest BCUT2D eigenvalue weighted by Gasteiger charge is -2.07. The number of hydrogen-bond acceptors (Lipinski definition) is 6. The van der Waals surface area contributed by atoms with Crippen molar-refractivity contribution in [1.82, 2.24) is 25.6 Å². The van der Waals surface area contributed by atoms with Crippen molar-refractivity contribution in [3.63, 3.8) is 0 Å². The molecular weight excluding hydrogens is 330 g/mol. The Morgan fingerprint density at radius 3 is 2.56 bits per heavy atom. The van der Waals surface area contributed by atoms with Gasteiger partial charge in [0.05, 0.1) is 25.4 Å². The number of urea groups is 1. The van der Waals surface area contributed by atoms with E-state index in [1.165, 1.54) is 30.1 Å². The topological polar surface area (TPSA) is 135 Å². The third-order valence-electron chi connectivity index (χ3n) is 3.21. The molecule has 0 atom stereocenters. The van der Waals surface area contributed by atoms with Crippen LogP contribution in [0.4, 0.5) is 4.79 Å². The second-order valence-corrected chi connectivity index (χ2v) is 4.97. The predicted molar refractivity (Wildman–Crippen MR) is 85.0 cm³/mol. The van der Waals surface area contributed by atoms with Gasteiger partial charge < -0.3 is 20.5 Å². The second-order valence-electron chi connectivity index (χ2n) is 4.97. The van der Waals surface area contributed by atoms with Crippen molar-refractivity contribution in [2.75, 3.05) is 13.7 Å². The molecule has 0 aliphatic rings. The maximum Gasteiger partial charge on any atom is 0.360 e. The predicted octanol–water partition coefficient (Wildman–Crippen LogP) is 0.262. The number of ether oxygens (including phenoxy) is 1. The first kappa shape index (κ1) is 17.9. The van der Waals surface area contributed by atoms with E-state index in [4.69, 9.17) is 5.11 Å². The Morgan fingerprint density at radius 2 is 1.92 bits per heavy atom. The van der Waals surface area contributed by atoms with Crippen LogP contribution in [0.2, 0.25) is 0 Å². The van der Waals surface area contributed by atoms with Crippen LogP contribution < -0.4 is 10.6 Å². The first-order valence-electron chi connectivity index (χ1n) is 7.32. The SMILES string of the molecule is COC(=O)c1cn(CCNC(=O)NCc2ccc(C(=O)O)cc2)nn1. The molecule has 0 unspecified atom stereocenters. The molecule has 0 bridgehead atoms. The largest absolute Gasteiger partial charge is 0.478 e. The highest BCUT2D eigenvalue weighted by molar-refractivity contribution is 5.87. The highest BCUT2D eigenvalue weighted by Gasteiger charge is 2.10. The fourth-order valence-corrected chi connectivity index (χ4v) is 1.90.